The fourth-order valence-electron chi connectivity index (χ4n) is 3.67. The van der Waals surface area contributed by atoms with Gasteiger partial charge in [-0.2, -0.15) is 4.57 Å². The third-order valence-corrected chi connectivity index (χ3v) is 6.60. The number of nitrogens with one attached hydrogen (secondary N) is 1. The lowest BCUT2D eigenvalue weighted by molar-refractivity contribution is -0.578. The molecule has 0 saturated carbocycles. The molecule has 2 aliphatic carbocycles. The van der Waals surface area contributed by atoms with Crippen LogP contribution in [0.3, 0.4) is 0 Å². The summed E-state index contributed by atoms with van der Waals surface area (Å²) in [5.74, 6) is -2.12. The van der Waals surface area contributed by atoms with Crippen LogP contribution < -0.4 is 9.29 Å². The standard InChI is InChI=1S/C23H20N2O4S/c1-15-9-11-17(12-10-15)30(28,29)24-20-21(25-13-5-6-16(2)14-25)23(27)19-8-4-3-7-18(19)22(20)26/h3-14,18-19H,1-2H3/p+1. The van der Waals surface area contributed by atoms with Gasteiger partial charge in [0, 0.05) is 11.6 Å². The monoisotopic (exact) mass is 421 g/mol. The van der Waals surface area contributed by atoms with Crippen LogP contribution in [0.25, 0.3) is 5.70 Å². The molecule has 152 valence electrons. The Kier molecular flexibility index (Phi) is 4.99. The van der Waals surface area contributed by atoms with Crippen molar-refractivity contribution in [2.75, 3.05) is 0 Å². The van der Waals surface area contributed by atoms with Gasteiger partial charge in [-0.1, -0.05) is 42.0 Å². The molecule has 0 bridgehead atoms. The van der Waals surface area contributed by atoms with Crippen molar-refractivity contribution < 1.29 is 22.6 Å². The van der Waals surface area contributed by atoms with Gasteiger partial charge in [0.1, 0.15) is 0 Å². The lowest BCUT2D eigenvalue weighted by Gasteiger charge is -2.27. The summed E-state index contributed by atoms with van der Waals surface area (Å²) in [7, 11) is -4.06. The first-order valence-electron chi connectivity index (χ1n) is 9.53. The molecule has 6 nitrogen and oxygen atoms in total. The van der Waals surface area contributed by atoms with Crippen molar-refractivity contribution in [3.8, 4) is 0 Å². The van der Waals surface area contributed by atoms with Crippen molar-refractivity contribution in [2.24, 2.45) is 11.8 Å². The predicted octanol–water partition coefficient (Wildman–Crippen LogP) is 2.25. The van der Waals surface area contributed by atoms with Gasteiger partial charge in [-0.05, 0) is 32.0 Å². The highest BCUT2D eigenvalue weighted by Crippen LogP contribution is 2.33. The number of ketones is 2. The van der Waals surface area contributed by atoms with E-state index in [1.165, 1.54) is 16.7 Å². The molecule has 1 heterocycles. The van der Waals surface area contributed by atoms with Gasteiger partial charge in [-0.25, -0.2) is 8.42 Å². The molecule has 0 aliphatic heterocycles. The Bertz CT molecular complexity index is 1240. The van der Waals surface area contributed by atoms with E-state index in [4.69, 9.17) is 0 Å². The highest BCUT2D eigenvalue weighted by molar-refractivity contribution is 7.89. The Labute approximate surface area is 175 Å². The van der Waals surface area contributed by atoms with Crippen LogP contribution in [-0.2, 0) is 19.6 Å². The number of benzene rings is 1. The quantitative estimate of drug-likeness (QED) is 0.768. The third kappa shape index (κ3) is 3.52. The number of aryl methyl sites for hydroxylation is 2. The fraction of sp³-hybridized carbons (Fsp3) is 0.174. The second kappa shape index (κ2) is 7.50. The third-order valence-electron chi connectivity index (χ3n) is 5.23. The lowest BCUT2D eigenvalue weighted by atomic mass is 9.76. The molecule has 2 atom stereocenters. The molecule has 1 aromatic heterocycles. The van der Waals surface area contributed by atoms with Gasteiger partial charge < -0.3 is 0 Å². The first-order chi connectivity index (χ1) is 14.3. The van der Waals surface area contributed by atoms with Crippen LogP contribution in [0.2, 0.25) is 0 Å². The summed E-state index contributed by atoms with van der Waals surface area (Å²) in [6, 6.07) is 9.90. The number of sulfonamides is 1. The zero-order chi connectivity index (χ0) is 21.5. The molecule has 2 aliphatic rings. The minimum atomic E-state index is -4.06. The fourth-order valence-corrected chi connectivity index (χ4v) is 4.75. The number of carbonyl (C=O) groups excluding carboxylic acids is 2. The number of hydrogen-bond donors (Lipinski definition) is 1. The van der Waals surface area contributed by atoms with Crippen LogP contribution in [0.15, 0.2) is 83.7 Å². The molecule has 0 amide bonds. The van der Waals surface area contributed by atoms with Gasteiger partial charge in [0.2, 0.25) is 5.78 Å². The van der Waals surface area contributed by atoms with Gasteiger partial charge in [0.05, 0.1) is 16.7 Å². The number of carbonyl (C=O) groups is 2. The zero-order valence-electron chi connectivity index (χ0n) is 16.6. The molecule has 7 heteroatoms. The second-order valence-corrected chi connectivity index (χ2v) is 9.16. The summed E-state index contributed by atoms with van der Waals surface area (Å²) >= 11 is 0. The van der Waals surface area contributed by atoms with Crippen LogP contribution in [0, 0.1) is 25.7 Å². The van der Waals surface area contributed by atoms with Crippen molar-refractivity contribution in [3.05, 3.63) is 89.9 Å². The number of hydrogen-bond acceptors (Lipinski definition) is 4. The van der Waals surface area contributed by atoms with Crippen molar-refractivity contribution in [3.63, 3.8) is 0 Å². The van der Waals surface area contributed by atoms with E-state index >= 15 is 0 Å². The highest BCUT2D eigenvalue weighted by Gasteiger charge is 2.47. The van der Waals surface area contributed by atoms with Gasteiger partial charge in [0.15, 0.2) is 23.9 Å². The van der Waals surface area contributed by atoms with E-state index in [1.54, 1.807) is 54.9 Å². The summed E-state index contributed by atoms with van der Waals surface area (Å²) in [4.78, 5) is 26.7. The van der Waals surface area contributed by atoms with E-state index in [0.717, 1.165) is 11.1 Å². The zero-order valence-corrected chi connectivity index (χ0v) is 17.4. The van der Waals surface area contributed by atoms with Crippen molar-refractivity contribution in [1.82, 2.24) is 4.72 Å². The SMILES string of the molecule is Cc1ccc(S(=O)(=O)NC2=C([n+]3cccc(C)c3)C(=O)C3C=CC=CC3C2=O)cc1. The van der Waals surface area contributed by atoms with E-state index < -0.39 is 27.6 Å². The topological polar surface area (TPSA) is 84.2 Å². The largest absolute Gasteiger partial charge is 0.292 e. The molecule has 0 saturated heterocycles. The Morgan fingerprint density at radius 2 is 1.50 bits per heavy atom. The van der Waals surface area contributed by atoms with E-state index in [2.05, 4.69) is 4.72 Å². The average Bonchev–Trinajstić information content (AvgIpc) is 2.72. The number of Topliss-reactive ketones (excluding diaryl/α,β-unsaturated/α-hetero) is 2. The summed E-state index contributed by atoms with van der Waals surface area (Å²) in [5, 5.41) is 0. The molecule has 1 N–H and O–H groups in total. The Hall–Kier alpha value is -3.32. The maximum Gasteiger partial charge on any atom is 0.282 e. The summed E-state index contributed by atoms with van der Waals surface area (Å²) in [6.07, 6.45) is 10.1. The molecule has 0 fully saturated rings. The van der Waals surface area contributed by atoms with Crippen LogP contribution in [-0.4, -0.2) is 20.0 Å². The molecule has 0 radical (unpaired) electrons. The molecular weight excluding hydrogens is 400 g/mol. The van der Waals surface area contributed by atoms with Crippen molar-refractivity contribution in [2.45, 2.75) is 18.7 Å². The van der Waals surface area contributed by atoms with E-state index in [1.807, 2.05) is 19.9 Å². The number of aromatic nitrogens is 1. The number of rotatable bonds is 4. The van der Waals surface area contributed by atoms with Crippen LogP contribution in [0.5, 0.6) is 0 Å². The average molecular weight is 421 g/mol. The Balaban J connectivity index is 1.88. The first-order valence-corrected chi connectivity index (χ1v) is 11.0. The molecule has 4 rings (SSSR count). The maximum absolute atomic E-state index is 13.3. The van der Waals surface area contributed by atoms with E-state index in [9.17, 15) is 18.0 Å². The molecule has 2 aromatic rings. The smallest absolute Gasteiger partial charge is 0.282 e. The molecule has 1 aromatic carbocycles. The van der Waals surface area contributed by atoms with Crippen molar-refractivity contribution in [1.29, 1.82) is 0 Å². The van der Waals surface area contributed by atoms with Gasteiger partial charge in [-0.3, -0.25) is 14.3 Å². The van der Waals surface area contributed by atoms with E-state index in [-0.39, 0.29) is 22.1 Å². The van der Waals surface area contributed by atoms with Crippen LogP contribution >= 0.6 is 0 Å². The lowest BCUT2D eigenvalue weighted by Crippen LogP contribution is -2.50. The summed E-state index contributed by atoms with van der Waals surface area (Å²) in [5.41, 5.74) is 1.60. The number of allylic oxidation sites excluding steroid dienone is 6. The Morgan fingerprint density at radius 3 is 2.13 bits per heavy atom. The first kappa shape index (κ1) is 20.0. The molecular formula is C23H21N2O4S+. The molecule has 2 unspecified atom stereocenters. The number of pyridine rings is 1. The summed E-state index contributed by atoms with van der Waals surface area (Å²) < 4.78 is 30.0. The Morgan fingerprint density at radius 1 is 0.867 bits per heavy atom. The van der Waals surface area contributed by atoms with E-state index in [0.29, 0.717) is 0 Å². The summed E-state index contributed by atoms with van der Waals surface area (Å²) in [6.45, 7) is 3.71. The maximum atomic E-state index is 13.3. The minimum absolute atomic E-state index is 0.0237. The normalized spacial score (nSPS) is 21.0. The van der Waals surface area contributed by atoms with Gasteiger partial charge in [-0.15, -0.1) is 0 Å². The number of fused-ring (bicyclic) bond motifs is 1. The van der Waals surface area contributed by atoms with Crippen LogP contribution in [0.1, 0.15) is 11.1 Å². The number of nitrogens with zero attached hydrogens (tertiary/aromatic N) is 1. The van der Waals surface area contributed by atoms with Crippen LogP contribution in [0.4, 0.5) is 0 Å². The van der Waals surface area contributed by atoms with Gasteiger partial charge in [0.25, 0.3) is 15.7 Å². The van der Waals surface area contributed by atoms with Crippen molar-refractivity contribution >= 4 is 27.3 Å². The minimum Gasteiger partial charge on any atom is -0.292 e. The van der Waals surface area contributed by atoms with Gasteiger partial charge >= 0.3 is 0 Å². The second-order valence-electron chi connectivity index (χ2n) is 7.48. The molecule has 0 spiro atoms. The molecule has 30 heavy (non-hydrogen) atoms. The highest BCUT2D eigenvalue weighted by atomic mass is 32.2. The predicted molar refractivity (Wildman–Crippen MR) is 111 cm³/mol.